The lowest BCUT2D eigenvalue weighted by atomic mass is 10.1. The van der Waals surface area contributed by atoms with Gasteiger partial charge < -0.3 is 5.32 Å². The Bertz CT molecular complexity index is 611. The van der Waals surface area contributed by atoms with Crippen LogP contribution in [0.3, 0.4) is 0 Å². The molecule has 1 aromatic rings. The van der Waals surface area contributed by atoms with Crippen LogP contribution in [-0.2, 0) is 10.0 Å². The number of hydrogen-bond acceptors (Lipinski definition) is 3. The van der Waals surface area contributed by atoms with Gasteiger partial charge >= 0.3 is 0 Å². The molecule has 0 aliphatic carbocycles. The number of amides is 1. The van der Waals surface area contributed by atoms with Crippen LogP contribution in [-0.4, -0.2) is 33.7 Å². The van der Waals surface area contributed by atoms with Crippen LogP contribution in [0, 0.1) is 6.92 Å². The zero-order valence-electron chi connectivity index (χ0n) is 13.3. The van der Waals surface area contributed by atoms with Gasteiger partial charge in [0.15, 0.2) is 0 Å². The molecule has 0 bridgehead atoms. The first-order valence-electron chi connectivity index (χ1n) is 7.02. The maximum atomic E-state index is 12.1. The van der Waals surface area contributed by atoms with Crippen molar-refractivity contribution in [3.8, 4) is 0 Å². The molecule has 0 aromatic heterocycles. The van der Waals surface area contributed by atoms with Gasteiger partial charge in [0.1, 0.15) is 0 Å². The van der Waals surface area contributed by atoms with Gasteiger partial charge in [-0.3, -0.25) is 9.10 Å². The summed E-state index contributed by atoms with van der Waals surface area (Å²) in [6, 6.07) is 5.15. The molecule has 0 heterocycles. The molecule has 0 saturated carbocycles. The summed E-state index contributed by atoms with van der Waals surface area (Å²) in [6.45, 7) is 5.84. The fourth-order valence-corrected chi connectivity index (χ4v) is 2.70. The highest BCUT2D eigenvalue weighted by atomic mass is 32.2. The monoisotopic (exact) mass is 312 g/mol. The number of carbonyl (C=O) groups excluding carboxylic acids is 1. The molecule has 1 unspecified atom stereocenters. The molecule has 1 atom stereocenters. The van der Waals surface area contributed by atoms with E-state index in [1.807, 2.05) is 6.92 Å². The van der Waals surface area contributed by atoms with Gasteiger partial charge in [0, 0.05) is 18.7 Å². The topological polar surface area (TPSA) is 66.5 Å². The van der Waals surface area contributed by atoms with Gasteiger partial charge in [-0.05, 0) is 44.0 Å². The average molecular weight is 312 g/mol. The maximum Gasteiger partial charge on any atom is 0.251 e. The predicted molar refractivity (Wildman–Crippen MR) is 86.3 cm³/mol. The number of aryl methyl sites for hydroxylation is 1. The Hall–Kier alpha value is -1.56. The van der Waals surface area contributed by atoms with E-state index in [0.29, 0.717) is 11.3 Å². The number of nitrogens with zero attached hydrogens (tertiary/aromatic N) is 1. The van der Waals surface area contributed by atoms with Crippen molar-refractivity contribution < 1.29 is 13.2 Å². The van der Waals surface area contributed by atoms with Gasteiger partial charge in [-0.25, -0.2) is 8.42 Å². The van der Waals surface area contributed by atoms with E-state index in [-0.39, 0.29) is 11.9 Å². The Labute approximate surface area is 127 Å². The van der Waals surface area contributed by atoms with Gasteiger partial charge in [0.05, 0.1) is 11.9 Å². The lowest BCUT2D eigenvalue weighted by Crippen LogP contribution is -2.32. The van der Waals surface area contributed by atoms with Crippen molar-refractivity contribution in [1.82, 2.24) is 5.32 Å². The summed E-state index contributed by atoms with van der Waals surface area (Å²) in [7, 11) is -1.80. The summed E-state index contributed by atoms with van der Waals surface area (Å²) in [5.41, 5.74) is 1.87. The molecule has 118 valence electrons. The minimum absolute atomic E-state index is 0.126. The van der Waals surface area contributed by atoms with Crippen LogP contribution in [0.2, 0.25) is 0 Å². The van der Waals surface area contributed by atoms with E-state index in [1.54, 1.807) is 25.1 Å². The Morgan fingerprint density at radius 3 is 2.48 bits per heavy atom. The molecule has 21 heavy (non-hydrogen) atoms. The van der Waals surface area contributed by atoms with E-state index in [1.165, 1.54) is 11.4 Å². The number of hydrogen-bond donors (Lipinski definition) is 1. The summed E-state index contributed by atoms with van der Waals surface area (Å²) < 4.78 is 24.3. The summed E-state index contributed by atoms with van der Waals surface area (Å²) in [4.78, 5) is 12.1. The molecule has 0 saturated heterocycles. The number of anilines is 1. The molecule has 1 aromatic carbocycles. The van der Waals surface area contributed by atoms with Crippen molar-refractivity contribution in [2.75, 3.05) is 17.6 Å². The highest BCUT2D eigenvalue weighted by molar-refractivity contribution is 7.92. The van der Waals surface area contributed by atoms with Crippen LogP contribution < -0.4 is 9.62 Å². The highest BCUT2D eigenvalue weighted by Crippen LogP contribution is 2.22. The maximum absolute atomic E-state index is 12.1. The lowest BCUT2D eigenvalue weighted by Gasteiger charge is -2.20. The van der Waals surface area contributed by atoms with Crippen LogP contribution in [0.1, 0.15) is 42.6 Å². The number of rotatable bonds is 6. The van der Waals surface area contributed by atoms with Crippen LogP contribution in [0.15, 0.2) is 18.2 Å². The summed E-state index contributed by atoms with van der Waals surface area (Å²) in [5, 5.41) is 2.93. The molecule has 0 radical (unpaired) electrons. The van der Waals surface area contributed by atoms with Crippen molar-refractivity contribution in [3.05, 3.63) is 29.3 Å². The molecule has 0 aliphatic heterocycles. The minimum Gasteiger partial charge on any atom is -0.350 e. The predicted octanol–water partition coefficient (Wildman–Crippen LogP) is 2.31. The summed E-state index contributed by atoms with van der Waals surface area (Å²) >= 11 is 0. The molecule has 1 N–H and O–H groups in total. The van der Waals surface area contributed by atoms with Crippen LogP contribution in [0.4, 0.5) is 5.69 Å². The smallest absolute Gasteiger partial charge is 0.251 e. The molecule has 6 heteroatoms. The molecule has 1 amide bonds. The molecule has 1 rings (SSSR count). The molecule has 0 spiro atoms. The van der Waals surface area contributed by atoms with E-state index in [9.17, 15) is 13.2 Å². The second-order valence-corrected chi connectivity index (χ2v) is 7.41. The fourth-order valence-electron chi connectivity index (χ4n) is 2.14. The van der Waals surface area contributed by atoms with Gasteiger partial charge in [-0.2, -0.15) is 0 Å². The Balaban J connectivity index is 2.95. The van der Waals surface area contributed by atoms with Gasteiger partial charge in [-0.15, -0.1) is 0 Å². The molecule has 0 fully saturated rings. The second kappa shape index (κ2) is 6.93. The molecular weight excluding hydrogens is 288 g/mol. The van der Waals surface area contributed by atoms with E-state index in [2.05, 4.69) is 12.2 Å². The third kappa shape index (κ3) is 4.74. The van der Waals surface area contributed by atoms with Crippen molar-refractivity contribution in [2.24, 2.45) is 0 Å². The van der Waals surface area contributed by atoms with Crippen LogP contribution in [0.5, 0.6) is 0 Å². The normalized spacial score (nSPS) is 12.8. The number of benzene rings is 1. The lowest BCUT2D eigenvalue weighted by molar-refractivity contribution is 0.0938. The zero-order valence-corrected chi connectivity index (χ0v) is 14.1. The average Bonchev–Trinajstić information content (AvgIpc) is 2.36. The van der Waals surface area contributed by atoms with Crippen LogP contribution >= 0.6 is 0 Å². The summed E-state index contributed by atoms with van der Waals surface area (Å²) in [6.07, 6.45) is 3.09. The zero-order chi connectivity index (χ0) is 16.2. The highest BCUT2D eigenvalue weighted by Gasteiger charge is 2.16. The largest absolute Gasteiger partial charge is 0.350 e. The second-order valence-electron chi connectivity index (χ2n) is 5.39. The first-order valence-corrected chi connectivity index (χ1v) is 8.87. The van der Waals surface area contributed by atoms with Crippen LogP contribution in [0.25, 0.3) is 0 Å². The number of sulfonamides is 1. The van der Waals surface area contributed by atoms with E-state index in [0.717, 1.165) is 24.7 Å². The Morgan fingerprint density at radius 1 is 1.38 bits per heavy atom. The van der Waals surface area contributed by atoms with Crippen molar-refractivity contribution in [2.45, 2.75) is 39.7 Å². The van der Waals surface area contributed by atoms with E-state index >= 15 is 0 Å². The quantitative estimate of drug-likeness (QED) is 0.876. The van der Waals surface area contributed by atoms with E-state index < -0.39 is 10.0 Å². The van der Waals surface area contributed by atoms with Crippen molar-refractivity contribution in [3.63, 3.8) is 0 Å². The molecular formula is C15H24N2O3S. The van der Waals surface area contributed by atoms with E-state index in [4.69, 9.17) is 0 Å². The summed E-state index contributed by atoms with van der Waals surface area (Å²) in [5.74, 6) is -0.132. The molecule has 0 aliphatic rings. The van der Waals surface area contributed by atoms with Gasteiger partial charge in [0.2, 0.25) is 10.0 Å². The number of nitrogens with one attached hydrogen (secondary N) is 1. The van der Waals surface area contributed by atoms with Gasteiger partial charge in [0.25, 0.3) is 5.91 Å². The first kappa shape index (κ1) is 17.5. The molecule has 5 nitrogen and oxygen atoms in total. The third-order valence-corrected chi connectivity index (χ3v) is 4.59. The third-order valence-electron chi connectivity index (χ3n) is 3.39. The Kier molecular flexibility index (Phi) is 5.78. The minimum atomic E-state index is -3.31. The number of carbonyl (C=O) groups is 1. The standard InChI is InChI=1S/C15H24N2O3S/c1-6-7-12(3)16-15(18)13-8-9-14(11(2)10-13)17(4)21(5,19)20/h8-10,12H,6-7H2,1-5H3,(H,16,18). The van der Waals surface area contributed by atoms with Crippen molar-refractivity contribution in [1.29, 1.82) is 0 Å². The van der Waals surface area contributed by atoms with Gasteiger partial charge in [-0.1, -0.05) is 13.3 Å². The SMILES string of the molecule is CCCC(C)NC(=O)c1ccc(N(C)S(C)(=O)=O)c(C)c1. The van der Waals surface area contributed by atoms with Crippen molar-refractivity contribution >= 4 is 21.6 Å². The fraction of sp³-hybridized carbons (Fsp3) is 0.533. The Morgan fingerprint density at radius 2 is 2.00 bits per heavy atom. The first-order chi connectivity index (χ1) is 9.66.